The number of anilines is 2. The highest BCUT2D eigenvalue weighted by atomic mass is 16.3. The van der Waals surface area contributed by atoms with Crippen LogP contribution in [0.3, 0.4) is 0 Å². The van der Waals surface area contributed by atoms with Crippen LogP contribution in [-0.2, 0) is 4.79 Å². The van der Waals surface area contributed by atoms with Gasteiger partial charge in [-0.05, 0) is 31.6 Å². The van der Waals surface area contributed by atoms with Gasteiger partial charge in [0.05, 0.1) is 18.2 Å². The van der Waals surface area contributed by atoms with E-state index in [1.54, 1.807) is 43.1 Å². The van der Waals surface area contributed by atoms with Gasteiger partial charge in [-0.2, -0.15) is 0 Å². The molecule has 1 N–H and O–H groups in total. The van der Waals surface area contributed by atoms with Gasteiger partial charge in [-0.1, -0.05) is 0 Å². The van der Waals surface area contributed by atoms with Crippen molar-refractivity contribution in [3.05, 3.63) is 66.4 Å². The van der Waals surface area contributed by atoms with Crippen molar-refractivity contribution in [3.63, 3.8) is 0 Å². The molecule has 0 unspecified atom stereocenters. The van der Waals surface area contributed by atoms with Crippen LogP contribution >= 0.6 is 0 Å². The number of hydrogen-bond donors (Lipinski definition) is 1. The van der Waals surface area contributed by atoms with E-state index in [0.717, 1.165) is 12.1 Å². The van der Waals surface area contributed by atoms with Gasteiger partial charge >= 0.3 is 0 Å². The molecule has 0 aromatic carbocycles. The molecule has 142 valence electrons. The molecule has 4 rings (SSSR count). The lowest BCUT2D eigenvalue weighted by atomic mass is 10.0. The van der Waals surface area contributed by atoms with Gasteiger partial charge in [0.25, 0.3) is 0 Å². The molecule has 3 aromatic rings. The number of nitrogens with one attached hydrogen (secondary N) is 1. The van der Waals surface area contributed by atoms with Crippen LogP contribution in [-0.4, -0.2) is 43.8 Å². The van der Waals surface area contributed by atoms with E-state index >= 15 is 0 Å². The number of carbonyl (C=O) groups is 1. The van der Waals surface area contributed by atoms with E-state index < -0.39 is 0 Å². The maximum atomic E-state index is 12.4. The quantitative estimate of drug-likeness (QED) is 0.684. The van der Waals surface area contributed by atoms with E-state index in [1.165, 1.54) is 0 Å². The van der Waals surface area contributed by atoms with Crippen LogP contribution in [0.2, 0.25) is 0 Å². The molecule has 1 amide bonds. The Labute approximate surface area is 162 Å². The van der Waals surface area contributed by atoms with Crippen molar-refractivity contribution in [1.29, 1.82) is 0 Å². The number of carbonyl (C=O) groups excluding carboxylic acids is 1. The summed E-state index contributed by atoms with van der Waals surface area (Å²) in [5.74, 6) is 2.78. The fraction of sp³-hybridized carbons (Fsp3) is 0.250. The summed E-state index contributed by atoms with van der Waals surface area (Å²) in [5, 5.41) is 3.15. The normalized spacial score (nSPS) is 16.6. The lowest BCUT2D eigenvalue weighted by molar-refractivity contribution is -0.124. The molecule has 0 spiro atoms. The lowest BCUT2D eigenvalue weighted by Gasteiger charge is -2.15. The molecular formula is C20H20N6O2. The monoisotopic (exact) mass is 376 g/mol. The molecule has 1 atom stereocenters. The summed E-state index contributed by atoms with van der Waals surface area (Å²) in [6.07, 6.45) is 10.6. The average molecular weight is 376 g/mol. The van der Waals surface area contributed by atoms with Gasteiger partial charge in [0.15, 0.2) is 0 Å². The zero-order valence-electron chi connectivity index (χ0n) is 15.4. The van der Waals surface area contributed by atoms with Crippen LogP contribution in [0.1, 0.15) is 29.6 Å². The van der Waals surface area contributed by atoms with Crippen molar-refractivity contribution < 1.29 is 9.21 Å². The SMILES string of the molecule is Cc1nc(Nc2cnccn2)cc([C@H]2CCN(C(=O)/C=C/c3ccco3)C2)n1. The van der Waals surface area contributed by atoms with Gasteiger partial charge in [-0.25, -0.2) is 15.0 Å². The third-order valence-electron chi connectivity index (χ3n) is 4.53. The first-order valence-electron chi connectivity index (χ1n) is 9.06. The first-order chi connectivity index (χ1) is 13.7. The first kappa shape index (κ1) is 17.8. The Bertz CT molecular complexity index is 972. The van der Waals surface area contributed by atoms with Crippen LogP contribution in [0.15, 0.2) is 53.5 Å². The third-order valence-corrected chi connectivity index (χ3v) is 4.53. The topological polar surface area (TPSA) is 97.0 Å². The third kappa shape index (κ3) is 4.22. The second-order valence-electron chi connectivity index (χ2n) is 6.56. The zero-order valence-corrected chi connectivity index (χ0v) is 15.4. The number of nitrogens with zero attached hydrogens (tertiary/aromatic N) is 5. The van der Waals surface area contributed by atoms with Gasteiger partial charge in [-0.3, -0.25) is 9.78 Å². The van der Waals surface area contributed by atoms with Gasteiger partial charge in [0.2, 0.25) is 5.91 Å². The molecule has 0 saturated carbocycles. The predicted octanol–water partition coefficient (Wildman–Crippen LogP) is 2.94. The molecule has 1 aliphatic rings. The molecule has 0 aliphatic carbocycles. The summed E-state index contributed by atoms with van der Waals surface area (Å²) in [6, 6.07) is 5.52. The van der Waals surface area contributed by atoms with Crippen molar-refractivity contribution in [2.75, 3.05) is 18.4 Å². The number of rotatable bonds is 5. The minimum Gasteiger partial charge on any atom is -0.465 e. The molecular weight excluding hydrogens is 356 g/mol. The van der Waals surface area contributed by atoms with Crippen LogP contribution in [0, 0.1) is 6.92 Å². The Morgan fingerprint density at radius 3 is 3.04 bits per heavy atom. The summed E-state index contributed by atoms with van der Waals surface area (Å²) in [7, 11) is 0. The number of aromatic nitrogens is 4. The Morgan fingerprint density at radius 1 is 1.32 bits per heavy atom. The number of likely N-dealkylation sites (tertiary alicyclic amines) is 1. The Balaban J connectivity index is 1.44. The molecule has 28 heavy (non-hydrogen) atoms. The van der Waals surface area contributed by atoms with Gasteiger partial charge < -0.3 is 14.6 Å². The first-order valence-corrected chi connectivity index (χ1v) is 9.06. The summed E-state index contributed by atoms with van der Waals surface area (Å²) in [6.45, 7) is 3.18. The van der Waals surface area contributed by atoms with Gasteiger partial charge in [-0.15, -0.1) is 0 Å². The van der Waals surface area contributed by atoms with Crippen LogP contribution < -0.4 is 5.32 Å². The molecule has 0 radical (unpaired) electrons. The molecule has 4 heterocycles. The molecule has 1 saturated heterocycles. The molecule has 1 fully saturated rings. The predicted molar refractivity (Wildman–Crippen MR) is 104 cm³/mol. The van der Waals surface area contributed by atoms with Crippen LogP contribution in [0.4, 0.5) is 11.6 Å². The highest BCUT2D eigenvalue weighted by Gasteiger charge is 2.27. The largest absolute Gasteiger partial charge is 0.465 e. The smallest absolute Gasteiger partial charge is 0.246 e. The van der Waals surface area contributed by atoms with Crippen molar-refractivity contribution in [1.82, 2.24) is 24.8 Å². The summed E-state index contributed by atoms with van der Waals surface area (Å²) in [4.78, 5) is 31.5. The minimum absolute atomic E-state index is 0.0254. The number of furan rings is 1. The molecule has 8 heteroatoms. The van der Waals surface area contributed by atoms with E-state index in [9.17, 15) is 4.79 Å². The lowest BCUT2D eigenvalue weighted by Crippen LogP contribution is -2.26. The fourth-order valence-corrected chi connectivity index (χ4v) is 3.21. The summed E-state index contributed by atoms with van der Waals surface area (Å²) < 4.78 is 5.22. The fourth-order valence-electron chi connectivity index (χ4n) is 3.21. The number of amides is 1. The summed E-state index contributed by atoms with van der Waals surface area (Å²) in [5.41, 5.74) is 0.921. The van der Waals surface area contributed by atoms with Gasteiger partial charge in [0, 0.05) is 43.5 Å². The molecule has 0 bridgehead atoms. The number of aryl methyl sites for hydroxylation is 1. The van der Waals surface area contributed by atoms with Crippen molar-refractivity contribution >= 4 is 23.6 Å². The average Bonchev–Trinajstić information content (AvgIpc) is 3.39. The summed E-state index contributed by atoms with van der Waals surface area (Å²) >= 11 is 0. The van der Waals surface area contributed by atoms with E-state index in [0.29, 0.717) is 36.3 Å². The zero-order chi connectivity index (χ0) is 19.3. The minimum atomic E-state index is -0.0254. The van der Waals surface area contributed by atoms with Crippen LogP contribution in [0.5, 0.6) is 0 Å². The van der Waals surface area contributed by atoms with Crippen molar-refractivity contribution in [2.45, 2.75) is 19.3 Å². The molecule has 3 aromatic heterocycles. The van der Waals surface area contributed by atoms with E-state index in [2.05, 4.69) is 25.3 Å². The standard InChI is InChI=1S/C20H20N6O2/c1-14-23-17(11-18(24-14)25-19-12-21-7-8-22-19)15-6-9-26(13-15)20(27)5-4-16-3-2-10-28-16/h2-5,7-8,10-12,15H,6,9,13H2,1H3,(H,22,23,24,25)/b5-4+/t15-/m0/s1. The van der Waals surface area contributed by atoms with E-state index in [-0.39, 0.29) is 11.8 Å². The van der Waals surface area contributed by atoms with E-state index in [1.807, 2.05) is 24.0 Å². The highest BCUT2D eigenvalue weighted by molar-refractivity contribution is 5.91. The van der Waals surface area contributed by atoms with Gasteiger partial charge in [0.1, 0.15) is 23.2 Å². The number of hydrogen-bond acceptors (Lipinski definition) is 7. The maximum absolute atomic E-state index is 12.4. The van der Waals surface area contributed by atoms with Crippen molar-refractivity contribution in [2.24, 2.45) is 0 Å². The second kappa shape index (κ2) is 7.99. The Kier molecular flexibility index (Phi) is 5.09. The maximum Gasteiger partial charge on any atom is 0.246 e. The van der Waals surface area contributed by atoms with E-state index in [4.69, 9.17) is 4.42 Å². The molecule has 8 nitrogen and oxygen atoms in total. The molecule has 1 aliphatic heterocycles. The Morgan fingerprint density at radius 2 is 2.25 bits per heavy atom. The van der Waals surface area contributed by atoms with Crippen LogP contribution in [0.25, 0.3) is 6.08 Å². The van der Waals surface area contributed by atoms with Crippen molar-refractivity contribution in [3.8, 4) is 0 Å². The highest BCUT2D eigenvalue weighted by Crippen LogP contribution is 2.28. The second-order valence-corrected chi connectivity index (χ2v) is 6.56. The Hall–Kier alpha value is -3.55.